The van der Waals surface area contributed by atoms with E-state index >= 15 is 0 Å². The Morgan fingerprint density at radius 1 is 1.40 bits per heavy atom. The summed E-state index contributed by atoms with van der Waals surface area (Å²) in [7, 11) is 0. The van der Waals surface area contributed by atoms with Gasteiger partial charge in [-0.3, -0.25) is 10.1 Å². The quantitative estimate of drug-likeness (QED) is 0.463. The molecule has 0 aliphatic carbocycles. The van der Waals surface area contributed by atoms with Crippen molar-refractivity contribution in [3.8, 4) is 0 Å². The minimum Gasteiger partial charge on any atom is -0.371 e. The summed E-state index contributed by atoms with van der Waals surface area (Å²) in [5, 5.41) is 13.6. The maximum Gasteiger partial charge on any atom is 0.411 e. The highest BCUT2D eigenvalue weighted by atomic mass is 79.9. The molecule has 1 N–H and O–H groups in total. The van der Waals surface area contributed by atoms with Gasteiger partial charge < -0.3 is 10.1 Å². The third-order valence-corrected chi connectivity index (χ3v) is 3.17. The highest BCUT2D eigenvalue weighted by Crippen LogP contribution is 2.28. The van der Waals surface area contributed by atoms with E-state index in [2.05, 4.69) is 26.0 Å². The number of hydrogen-bond donors (Lipinski definition) is 1. The number of alkyl halides is 3. The first-order valence-corrected chi connectivity index (χ1v) is 6.37. The van der Waals surface area contributed by atoms with Crippen LogP contribution in [0.25, 0.3) is 0 Å². The number of halogens is 4. The van der Waals surface area contributed by atoms with Crippen LogP contribution in [0.15, 0.2) is 22.7 Å². The molecule has 0 fully saturated rings. The van der Waals surface area contributed by atoms with Crippen LogP contribution in [0.4, 0.5) is 18.9 Å². The monoisotopic (exact) mass is 356 g/mol. The lowest BCUT2D eigenvalue weighted by Gasteiger charge is -2.09. The summed E-state index contributed by atoms with van der Waals surface area (Å²) in [6.45, 7) is -0.871. The highest BCUT2D eigenvalue weighted by molar-refractivity contribution is 9.10. The van der Waals surface area contributed by atoms with Crippen LogP contribution in [-0.2, 0) is 11.3 Å². The molecule has 1 aromatic rings. The third-order valence-electron chi connectivity index (χ3n) is 2.26. The molecule has 0 unspecified atom stereocenters. The van der Waals surface area contributed by atoms with E-state index in [4.69, 9.17) is 0 Å². The molecule has 1 aromatic carbocycles. The standard InChI is InChI=1S/C11H12BrF3N2O3/c12-10-8(2-1-3-9(10)17(18)19)6-16-4-5-20-7-11(13,14)15/h1-3,16H,4-7H2. The van der Waals surface area contributed by atoms with Crippen molar-refractivity contribution in [2.24, 2.45) is 0 Å². The molecule has 112 valence electrons. The Labute approximate surface area is 121 Å². The van der Waals surface area contributed by atoms with Crippen molar-refractivity contribution in [3.63, 3.8) is 0 Å². The number of rotatable bonds is 7. The summed E-state index contributed by atoms with van der Waals surface area (Å²) in [6, 6.07) is 4.58. The minimum atomic E-state index is -4.33. The van der Waals surface area contributed by atoms with Crippen LogP contribution >= 0.6 is 15.9 Å². The number of ether oxygens (including phenoxy) is 1. The number of nitro groups is 1. The third kappa shape index (κ3) is 5.85. The van der Waals surface area contributed by atoms with Crippen molar-refractivity contribution in [2.75, 3.05) is 19.8 Å². The number of nitrogens with zero attached hydrogens (tertiary/aromatic N) is 1. The molecular weight excluding hydrogens is 345 g/mol. The Bertz CT molecular complexity index is 469. The smallest absolute Gasteiger partial charge is 0.371 e. The molecule has 0 saturated carbocycles. The minimum absolute atomic E-state index is 0.0578. The van der Waals surface area contributed by atoms with Gasteiger partial charge in [0.2, 0.25) is 0 Å². The average Bonchev–Trinajstić information content (AvgIpc) is 2.33. The molecule has 0 bridgehead atoms. The van der Waals surface area contributed by atoms with Crippen molar-refractivity contribution in [1.82, 2.24) is 5.32 Å². The summed E-state index contributed by atoms with van der Waals surface area (Å²) in [4.78, 5) is 10.2. The van der Waals surface area contributed by atoms with Crippen LogP contribution in [0.2, 0.25) is 0 Å². The van der Waals surface area contributed by atoms with Gasteiger partial charge in [0.15, 0.2) is 0 Å². The number of hydrogen-bond acceptors (Lipinski definition) is 4. The molecule has 20 heavy (non-hydrogen) atoms. The number of nitro benzene ring substituents is 1. The molecule has 0 radical (unpaired) electrons. The fraction of sp³-hybridized carbons (Fsp3) is 0.455. The van der Waals surface area contributed by atoms with E-state index in [1.165, 1.54) is 6.07 Å². The molecule has 0 aromatic heterocycles. The summed E-state index contributed by atoms with van der Waals surface area (Å²) in [5.74, 6) is 0. The highest BCUT2D eigenvalue weighted by Gasteiger charge is 2.27. The first-order valence-electron chi connectivity index (χ1n) is 5.58. The molecule has 5 nitrogen and oxygen atoms in total. The van der Waals surface area contributed by atoms with Crippen molar-refractivity contribution < 1.29 is 22.8 Å². The van der Waals surface area contributed by atoms with Gasteiger partial charge >= 0.3 is 6.18 Å². The lowest BCUT2D eigenvalue weighted by Crippen LogP contribution is -2.23. The summed E-state index contributed by atoms with van der Waals surface area (Å²) >= 11 is 3.13. The zero-order valence-corrected chi connectivity index (χ0v) is 11.8. The van der Waals surface area contributed by atoms with Crippen LogP contribution in [0.1, 0.15) is 5.56 Å². The van der Waals surface area contributed by atoms with Crippen LogP contribution in [0.3, 0.4) is 0 Å². The molecule has 0 heterocycles. The summed E-state index contributed by atoms with van der Waals surface area (Å²) in [6.07, 6.45) is -4.33. The van der Waals surface area contributed by atoms with Gasteiger partial charge in [0.1, 0.15) is 6.61 Å². The summed E-state index contributed by atoms with van der Waals surface area (Å²) < 4.78 is 40.1. The van der Waals surface area contributed by atoms with Gasteiger partial charge in [-0.2, -0.15) is 13.2 Å². The van der Waals surface area contributed by atoms with E-state index in [0.29, 0.717) is 10.0 Å². The number of nitrogens with one attached hydrogen (secondary N) is 1. The van der Waals surface area contributed by atoms with Gasteiger partial charge in [-0.1, -0.05) is 12.1 Å². The van der Waals surface area contributed by atoms with Gasteiger partial charge in [-0.05, 0) is 21.5 Å². The lowest BCUT2D eigenvalue weighted by molar-refractivity contribution is -0.385. The van der Waals surface area contributed by atoms with E-state index in [1.807, 2.05) is 0 Å². The molecule has 0 saturated heterocycles. The molecule has 0 aliphatic heterocycles. The Morgan fingerprint density at radius 2 is 2.10 bits per heavy atom. The van der Waals surface area contributed by atoms with E-state index in [0.717, 1.165) is 0 Å². The number of benzene rings is 1. The Morgan fingerprint density at radius 3 is 2.70 bits per heavy atom. The molecule has 0 amide bonds. The van der Waals surface area contributed by atoms with E-state index in [1.54, 1.807) is 12.1 Å². The van der Waals surface area contributed by atoms with Gasteiger partial charge in [0.25, 0.3) is 5.69 Å². The molecule has 0 spiro atoms. The first-order chi connectivity index (χ1) is 9.31. The van der Waals surface area contributed by atoms with Crippen molar-refractivity contribution in [1.29, 1.82) is 0 Å². The predicted octanol–water partition coefficient (Wildman–Crippen LogP) is 3.03. The molecule has 0 atom stereocenters. The SMILES string of the molecule is O=[N+]([O-])c1cccc(CNCCOCC(F)(F)F)c1Br. The lowest BCUT2D eigenvalue weighted by atomic mass is 10.2. The van der Waals surface area contributed by atoms with Gasteiger partial charge in [-0.15, -0.1) is 0 Å². The van der Waals surface area contributed by atoms with Crippen LogP contribution in [0, 0.1) is 10.1 Å². The normalized spacial score (nSPS) is 11.6. The zero-order chi connectivity index (χ0) is 15.2. The predicted molar refractivity (Wildman–Crippen MR) is 69.4 cm³/mol. The van der Waals surface area contributed by atoms with E-state index in [-0.39, 0.29) is 25.4 Å². The van der Waals surface area contributed by atoms with E-state index in [9.17, 15) is 23.3 Å². The second-order valence-electron chi connectivity index (χ2n) is 3.85. The molecular formula is C11H12BrF3N2O3. The fourth-order valence-electron chi connectivity index (χ4n) is 1.40. The summed E-state index contributed by atoms with van der Waals surface area (Å²) in [5.41, 5.74) is 0.590. The average molecular weight is 357 g/mol. The topological polar surface area (TPSA) is 64.4 Å². The second-order valence-corrected chi connectivity index (χ2v) is 4.64. The molecule has 9 heteroatoms. The Kier molecular flexibility index (Phi) is 6.37. The zero-order valence-electron chi connectivity index (χ0n) is 10.2. The second kappa shape index (κ2) is 7.55. The van der Waals surface area contributed by atoms with Crippen LogP contribution in [0.5, 0.6) is 0 Å². The van der Waals surface area contributed by atoms with Gasteiger partial charge in [-0.25, -0.2) is 0 Å². The first kappa shape index (κ1) is 16.9. The van der Waals surface area contributed by atoms with Gasteiger partial charge in [0, 0.05) is 19.2 Å². The van der Waals surface area contributed by atoms with E-state index < -0.39 is 17.7 Å². The largest absolute Gasteiger partial charge is 0.411 e. The maximum atomic E-state index is 11.8. The van der Waals surface area contributed by atoms with Gasteiger partial charge in [0.05, 0.1) is 16.0 Å². The fourth-order valence-corrected chi connectivity index (χ4v) is 1.95. The Balaban J connectivity index is 2.36. The van der Waals surface area contributed by atoms with Crippen molar-refractivity contribution >= 4 is 21.6 Å². The van der Waals surface area contributed by atoms with Crippen molar-refractivity contribution in [2.45, 2.75) is 12.7 Å². The molecule has 1 rings (SSSR count). The maximum absolute atomic E-state index is 11.8. The van der Waals surface area contributed by atoms with Crippen LogP contribution in [-0.4, -0.2) is 30.9 Å². The molecule has 0 aliphatic rings. The van der Waals surface area contributed by atoms with Crippen LogP contribution < -0.4 is 5.32 Å². The van der Waals surface area contributed by atoms with Crippen molar-refractivity contribution in [3.05, 3.63) is 38.3 Å². The Hall–Kier alpha value is -1.19.